The number of hydrazine groups is 1. The van der Waals surface area contributed by atoms with Gasteiger partial charge < -0.3 is 9.80 Å². The average Bonchev–Trinajstić information content (AvgIpc) is 2.89. The number of aromatic nitrogens is 1. The number of carbonyl (C=O) groups excluding carboxylic acids is 1. The smallest absolute Gasteiger partial charge is 0.294 e. The maximum absolute atomic E-state index is 11.4. The van der Waals surface area contributed by atoms with E-state index in [-0.39, 0.29) is 5.91 Å². The summed E-state index contributed by atoms with van der Waals surface area (Å²) >= 11 is 1.33. The van der Waals surface area contributed by atoms with Crippen molar-refractivity contribution in [3.8, 4) is 0 Å². The molecule has 0 aromatic carbocycles. The van der Waals surface area contributed by atoms with E-state index in [9.17, 15) is 4.79 Å². The summed E-state index contributed by atoms with van der Waals surface area (Å²) in [5.74, 6) is 5.55. The molecule has 0 spiro atoms. The van der Waals surface area contributed by atoms with Gasteiger partial charge in [-0.25, -0.2) is 10.8 Å². The van der Waals surface area contributed by atoms with Gasteiger partial charge >= 0.3 is 0 Å². The Balaban J connectivity index is 1.80. The first-order chi connectivity index (χ1) is 9.58. The SMILES string of the molecule is CN1CCC(CN(C)Cc2csc(C(=O)NN)n2)CC1. The van der Waals surface area contributed by atoms with Crippen LogP contribution in [-0.4, -0.2) is 54.4 Å². The third-order valence-electron chi connectivity index (χ3n) is 3.72. The van der Waals surface area contributed by atoms with E-state index < -0.39 is 0 Å². The molecule has 0 unspecified atom stereocenters. The van der Waals surface area contributed by atoms with Crippen LogP contribution in [0.2, 0.25) is 0 Å². The predicted octanol–water partition coefficient (Wildman–Crippen LogP) is 0.520. The molecule has 1 aromatic heterocycles. The molecule has 1 fully saturated rings. The van der Waals surface area contributed by atoms with Crippen LogP contribution in [0.3, 0.4) is 0 Å². The van der Waals surface area contributed by atoms with E-state index in [0.29, 0.717) is 5.01 Å². The van der Waals surface area contributed by atoms with Crippen molar-refractivity contribution in [1.82, 2.24) is 20.2 Å². The van der Waals surface area contributed by atoms with Gasteiger partial charge in [-0.3, -0.25) is 10.2 Å². The lowest BCUT2D eigenvalue weighted by molar-refractivity contribution is 0.0953. The maximum Gasteiger partial charge on any atom is 0.294 e. The molecular formula is C13H23N5OS. The van der Waals surface area contributed by atoms with E-state index in [0.717, 1.165) is 24.7 Å². The van der Waals surface area contributed by atoms with E-state index in [2.05, 4.69) is 34.3 Å². The van der Waals surface area contributed by atoms with Gasteiger partial charge in [0.25, 0.3) is 5.91 Å². The fraction of sp³-hybridized carbons (Fsp3) is 0.692. The molecule has 2 heterocycles. The molecule has 1 saturated heterocycles. The summed E-state index contributed by atoms with van der Waals surface area (Å²) in [4.78, 5) is 20.3. The Hall–Kier alpha value is -1.02. The predicted molar refractivity (Wildman–Crippen MR) is 80.3 cm³/mol. The number of rotatable bonds is 5. The topological polar surface area (TPSA) is 74.5 Å². The summed E-state index contributed by atoms with van der Waals surface area (Å²) in [7, 11) is 4.29. The number of carbonyl (C=O) groups is 1. The second-order valence-electron chi connectivity index (χ2n) is 5.56. The molecule has 2 rings (SSSR count). The lowest BCUT2D eigenvalue weighted by atomic mass is 9.97. The Labute approximate surface area is 123 Å². The number of hydrogen-bond acceptors (Lipinski definition) is 6. The highest BCUT2D eigenvalue weighted by Gasteiger charge is 2.18. The van der Waals surface area contributed by atoms with E-state index in [4.69, 9.17) is 5.84 Å². The van der Waals surface area contributed by atoms with E-state index in [1.165, 1.54) is 37.3 Å². The third-order valence-corrected chi connectivity index (χ3v) is 4.61. The van der Waals surface area contributed by atoms with E-state index in [1.54, 1.807) is 0 Å². The highest BCUT2D eigenvalue weighted by Crippen LogP contribution is 2.18. The van der Waals surface area contributed by atoms with Crippen molar-refractivity contribution in [2.75, 3.05) is 33.7 Å². The van der Waals surface area contributed by atoms with Crippen LogP contribution < -0.4 is 11.3 Å². The first kappa shape index (κ1) is 15.4. The highest BCUT2D eigenvalue weighted by atomic mass is 32.1. The Morgan fingerprint density at radius 3 is 2.95 bits per heavy atom. The van der Waals surface area contributed by atoms with Crippen LogP contribution >= 0.6 is 11.3 Å². The number of amides is 1. The van der Waals surface area contributed by atoms with E-state index in [1.807, 2.05) is 5.38 Å². The summed E-state index contributed by atoms with van der Waals surface area (Å²) < 4.78 is 0. The molecule has 0 bridgehead atoms. The van der Waals surface area contributed by atoms with Crippen molar-refractivity contribution in [2.45, 2.75) is 19.4 Å². The second-order valence-corrected chi connectivity index (χ2v) is 6.42. The number of piperidine rings is 1. The van der Waals surface area contributed by atoms with Crippen LogP contribution in [0.4, 0.5) is 0 Å². The molecule has 1 aliphatic rings. The number of hydrogen-bond donors (Lipinski definition) is 2. The van der Waals surface area contributed by atoms with Crippen LogP contribution in [0.25, 0.3) is 0 Å². The zero-order chi connectivity index (χ0) is 14.5. The minimum atomic E-state index is -0.320. The molecule has 7 heteroatoms. The van der Waals surface area contributed by atoms with Gasteiger partial charge in [-0.05, 0) is 45.9 Å². The lowest BCUT2D eigenvalue weighted by Crippen LogP contribution is -2.35. The molecule has 1 amide bonds. The minimum Gasteiger partial charge on any atom is -0.306 e. The van der Waals surface area contributed by atoms with Crippen LogP contribution in [0.5, 0.6) is 0 Å². The van der Waals surface area contributed by atoms with Crippen LogP contribution in [-0.2, 0) is 6.54 Å². The summed E-state index contributed by atoms with van der Waals surface area (Å²) in [5.41, 5.74) is 3.04. The van der Waals surface area contributed by atoms with Gasteiger partial charge in [0.05, 0.1) is 5.69 Å². The molecule has 0 saturated carbocycles. The van der Waals surface area contributed by atoms with Gasteiger partial charge in [-0.2, -0.15) is 0 Å². The lowest BCUT2D eigenvalue weighted by Gasteiger charge is -2.31. The van der Waals surface area contributed by atoms with Crippen LogP contribution in [0.15, 0.2) is 5.38 Å². The molecule has 1 aromatic rings. The Kier molecular flexibility index (Phi) is 5.47. The molecule has 1 aliphatic heterocycles. The minimum absolute atomic E-state index is 0.320. The summed E-state index contributed by atoms with van der Waals surface area (Å²) in [5, 5.41) is 2.35. The van der Waals surface area contributed by atoms with Gasteiger partial charge in [0.15, 0.2) is 5.01 Å². The van der Waals surface area contributed by atoms with Crippen molar-refractivity contribution >= 4 is 17.2 Å². The van der Waals surface area contributed by atoms with Gasteiger partial charge in [0.1, 0.15) is 0 Å². The van der Waals surface area contributed by atoms with Gasteiger partial charge in [0, 0.05) is 18.5 Å². The number of nitrogens with zero attached hydrogens (tertiary/aromatic N) is 3. The fourth-order valence-electron chi connectivity index (χ4n) is 2.57. The molecule has 0 atom stereocenters. The Morgan fingerprint density at radius 2 is 2.30 bits per heavy atom. The Morgan fingerprint density at radius 1 is 1.60 bits per heavy atom. The zero-order valence-corrected chi connectivity index (χ0v) is 12.9. The monoisotopic (exact) mass is 297 g/mol. The maximum atomic E-state index is 11.4. The van der Waals surface area contributed by atoms with Gasteiger partial charge in [-0.15, -0.1) is 11.3 Å². The first-order valence-corrected chi connectivity index (χ1v) is 7.79. The molecule has 6 nitrogen and oxygen atoms in total. The molecule has 0 radical (unpaired) electrons. The number of likely N-dealkylation sites (tertiary alicyclic amines) is 1. The third kappa shape index (κ3) is 4.24. The normalized spacial score (nSPS) is 17.6. The quantitative estimate of drug-likeness (QED) is 0.471. The number of nitrogen functional groups attached to an aromatic ring is 1. The number of nitrogens with two attached hydrogens (primary N) is 1. The highest BCUT2D eigenvalue weighted by molar-refractivity contribution is 7.11. The van der Waals surface area contributed by atoms with Crippen molar-refractivity contribution in [1.29, 1.82) is 0 Å². The number of thiazole rings is 1. The fourth-order valence-corrected chi connectivity index (χ4v) is 3.28. The number of nitrogens with one attached hydrogen (secondary N) is 1. The second kappa shape index (κ2) is 7.12. The first-order valence-electron chi connectivity index (χ1n) is 6.91. The standard InChI is InChI=1S/C13H23N5OS/c1-17-5-3-10(4-6-17)7-18(2)8-11-9-20-13(15-11)12(19)16-14/h9-10H,3-8,14H2,1-2H3,(H,16,19). The van der Waals surface area contributed by atoms with Gasteiger partial charge in [-0.1, -0.05) is 0 Å². The molecule has 112 valence electrons. The van der Waals surface area contributed by atoms with Crippen LogP contribution in [0, 0.1) is 5.92 Å². The average molecular weight is 297 g/mol. The van der Waals surface area contributed by atoms with Crippen molar-refractivity contribution in [3.63, 3.8) is 0 Å². The molecule has 0 aliphatic carbocycles. The van der Waals surface area contributed by atoms with Crippen molar-refractivity contribution < 1.29 is 4.79 Å². The molecule has 20 heavy (non-hydrogen) atoms. The van der Waals surface area contributed by atoms with Crippen molar-refractivity contribution in [3.05, 3.63) is 16.1 Å². The molecular weight excluding hydrogens is 274 g/mol. The van der Waals surface area contributed by atoms with Crippen molar-refractivity contribution in [2.24, 2.45) is 11.8 Å². The largest absolute Gasteiger partial charge is 0.306 e. The Bertz CT molecular complexity index is 442. The van der Waals surface area contributed by atoms with Crippen LogP contribution in [0.1, 0.15) is 28.3 Å². The summed E-state index contributed by atoms with van der Waals surface area (Å²) in [6.45, 7) is 4.25. The van der Waals surface area contributed by atoms with E-state index >= 15 is 0 Å². The van der Waals surface area contributed by atoms with Gasteiger partial charge in [0.2, 0.25) is 0 Å². The summed E-state index contributed by atoms with van der Waals surface area (Å²) in [6, 6.07) is 0. The summed E-state index contributed by atoms with van der Waals surface area (Å²) in [6.07, 6.45) is 2.53. The zero-order valence-electron chi connectivity index (χ0n) is 12.1. The molecule has 3 N–H and O–H groups in total.